The Morgan fingerprint density at radius 3 is 2.50 bits per heavy atom. The average molecular weight is 438 g/mol. The van der Waals surface area contributed by atoms with E-state index in [2.05, 4.69) is 45.5 Å². The lowest BCUT2D eigenvalue weighted by molar-refractivity contribution is -0.144. The van der Waals surface area contributed by atoms with Gasteiger partial charge in [0.05, 0.1) is 11.6 Å². The van der Waals surface area contributed by atoms with Crippen LogP contribution < -0.4 is 5.32 Å². The lowest BCUT2D eigenvalue weighted by atomic mass is 9.74. The van der Waals surface area contributed by atoms with Gasteiger partial charge >= 0.3 is 5.97 Å². The Morgan fingerprint density at radius 2 is 1.88 bits per heavy atom. The molecule has 3 aliphatic rings. The van der Waals surface area contributed by atoms with Gasteiger partial charge in [-0.25, -0.2) is 4.39 Å². The number of carboxylic acids is 1. The quantitative estimate of drug-likeness (QED) is 0.624. The molecule has 170 valence electrons. The number of hydrogen-bond donors (Lipinski definition) is 2. The average Bonchev–Trinajstić information content (AvgIpc) is 3.72. The number of rotatable bonds is 9. The molecule has 1 aromatic heterocycles. The largest absolute Gasteiger partial charge is 0.481 e. The van der Waals surface area contributed by atoms with Crippen molar-refractivity contribution in [3.05, 3.63) is 65.7 Å². The Bertz CT molecular complexity index is 937. The highest BCUT2D eigenvalue weighted by molar-refractivity contribution is 5.78. The maximum atomic E-state index is 13.4. The topological polar surface area (TPSA) is 65.5 Å². The van der Waals surface area contributed by atoms with Gasteiger partial charge in [-0.2, -0.15) is 0 Å². The minimum atomic E-state index is -0.646. The van der Waals surface area contributed by atoms with Crippen molar-refractivity contribution in [3.63, 3.8) is 0 Å². The first-order valence-corrected chi connectivity index (χ1v) is 11.8. The van der Waals surface area contributed by atoms with Crippen LogP contribution in [-0.2, 0) is 11.2 Å². The summed E-state index contributed by atoms with van der Waals surface area (Å²) in [6, 6.07) is 14.5. The van der Waals surface area contributed by atoms with Crippen molar-refractivity contribution >= 4 is 5.97 Å². The predicted octanol–water partition coefficient (Wildman–Crippen LogP) is 3.86. The SMILES string of the molecule is O=C(O)C1(CN2CCC(CN[C@@H]3C[C@H]3c3ccccc3)(Cc3ccc(F)cn3)CC2)CC1. The minimum Gasteiger partial charge on any atom is -0.481 e. The second kappa shape index (κ2) is 8.56. The summed E-state index contributed by atoms with van der Waals surface area (Å²) in [5.41, 5.74) is 1.89. The van der Waals surface area contributed by atoms with Gasteiger partial charge in [0.1, 0.15) is 5.82 Å². The number of aromatic nitrogens is 1. The second-order valence-corrected chi connectivity index (χ2v) is 10.2. The molecule has 5 nitrogen and oxygen atoms in total. The van der Waals surface area contributed by atoms with Gasteiger partial charge in [0.25, 0.3) is 0 Å². The molecule has 2 atom stereocenters. The lowest BCUT2D eigenvalue weighted by Crippen LogP contribution is -2.48. The van der Waals surface area contributed by atoms with Gasteiger partial charge in [-0.05, 0) is 74.7 Å². The Hall–Kier alpha value is -2.31. The Balaban J connectivity index is 1.23. The van der Waals surface area contributed by atoms with Crippen molar-refractivity contribution in [1.29, 1.82) is 0 Å². The maximum Gasteiger partial charge on any atom is 0.310 e. The van der Waals surface area contributed by atoms with Crippen LogP contribution in [0.25, 0.3) is 0 Å². The Labute approximate surface area is 189 Å². The van der Waals surface area contributed by atoms with Gasteiger partial charge in [-0.3, -0.25) is 9.78 Å². The summed E-state index contributed by atoms with van der Waals surface area (Å²) in [5.74, 6) is -0.363. The van der Waals surface area contributed by atoms with Crippen molar-refractivity contribution < 1.29 is 14.3 Å². The van der Waals surface area contributed by atoms with E-state index in [1.165, 1.54) is 24.2 Å². The molecule has 2 saturated carbocycles. The molecule has 2 N–H and O–H groups in total. The van der Waals surface area contributed by atoms with Crippen molar-refractivity contribution in [3.8, 4) is 0 Å². The lowest BCUT2D eigenvalue weighted by Gasteiger charge is -2.43. The van der Waals surface area contributed by atoms with Gasteiger partial charge in [-0.15, -0.1) is 0 Å². The summed E-state index contributed by atoms with van der Waals surface area (Å²) < 4.78 is 13.4. The summed E-state index contributed by atoms with van der Waals surface area (Å²) >= 11 is 0. The number of nitrogens with zero attached hydrogens (tertiary/aromatic N) is 2. The van der Waals surface area contributed by atoms with E-state index in [4.69, 9.17) is 0 Å². The van der Waals surface area contributed by atoms with Crippen LogP contribution in [0.5, 0.6) is 0 Å². The zero-order valence-corrected chi connectivity index (χ0v) is 18.5. The summed E-state index contributed by atoms with van der Waals surface area (Å²) in [7, 11) is 0. The molecule has 3 fully saturated rings. The monoisotopic (exact) mass is 437 g/mol. The van der Waals surface area contributed by atoms with Gasteiger partial charge in [-0.1, -0.05) is 30.3 Å². The van der Waals surface area contributed by atoms with E-state index < -0.39 is 11.4 Å². The molecule has 0 unspecified atom stereocenters. The highest BCUT2D eigenvalue weighted by Gasteiger charge is 2.52. The molecule has 2 aliphatic carbocycles. The summed E-state index contributed by atoms with van der Waals surface area (Å²) in [6.07, 6.45) is 6.89. The van der Waals surface area contributed by atoms with Crippen LogP contribution >= 0.6 is 0 Å². The zero-order valence-electron chi connectivity index (χ0n) is 18.5. The highest BCUT2D eigenvalue weighted by Crippen LogP contribution is 2.48. The molecule has 1 saturated heterocycles. The molecule has 2 heterocycles. The minimum absolute atomic E-state index is 0.0606. The number of carbonyl (C=O) groups is 1. The van der Waals surface area contributed by atoms with Gasteiger partial charge in [0.15, 0.2) is 0 Å². The number of halogens is 1. The number of likely N-dealkylation sites (tertiary alicyclic amines) is 1. The third-order valence-electron chi connectivity index (χ3n) is 7.85. The van der Waals surface area contributed by atoms with Crippen LogP contribution in [0.4, 0.5) is 4.39 Å². The fourth-order valence-corrected chi connectivity index (χ4v) is 5.35. The van der Waals surface area contributed by atoms with E-state index in [1.54, 1.807) is 6.07 Å². The summed E-state index contributed by atoms with van der Waals surface area (Å²) in [5, 5.41) is 13.4. The van der Waals surface area contributed by atoms with Gasteiger partial charge in [0.2, 0.25) is 0 Å². The number of piperidine rings is 1. The van der Waals surface area contributed by atoms with E-state index in [1.807, 2.05) is 0 Å². The summed E-state index contributed by atoms with van der Waals surface area (Å²) in [4.78, 5) is 18.3. The number of carboxylic acid groups (broad SMARTS) is 1. The highest BCUT2D eigenvalue weighted by atomic mass is 19.1. The first-order valence-electron chi connectivity index (χ1n) is 11.8. The van der Waals surface area contributed by atoms with Crippen LogP contribution in [0.3, 0.4) is 0 Å². The van der Waals surface area contributed by atoms with Crippen molar-refractivity contribution in [2.45, 2.75) is 50.5 Å². The number of aliphatic carboxylic acids is 1. The number of hydrogen-bond acceptors (Lipinski definition) is 4. The van der Waals surface area contributed by atoms with E-state index in [0.29, 0.717) is 18.5 Å². The molecule has 6 heteroatoms. The first kappa shape index (κ1) is 21.5. The van der Waals surface area contributed by atoms with Crippen LogP contribution in [0.15, 0.2) is 48.7 Å². The first-order chi connectivity index (χ1) is 15.5. The maximum absolute atomic E-state index is 13.4. The van der Waals surface area contributed by atoms with E-state index >= 15 is 0 Å². The Kier molecular flexibility index (Phi) is 5.76. The molecule has 5 rings (SSSR count). The fourth-order valence-electron chi connectivity index (χ4n) is 5.35. The van der Waals surface area contributed by atoms with E-state index in [0.717, 1.165) is 57.4 Å². The number of benzene rings is 1. The van der Waals surface area contributed by atoms with Crippen molar-refractivity contribution in [2.75, 3.05) is 26.2 Å². The third-order valence-corrected chi connectivity index (χ3v) is 7.85. The summed E-state index contributed by atoms with van der Waals surface area (Å²) in [6.45, 7) is 3.40. The van der Waals surface area contributed by atoms with Gasteiger partial charge < -0.3 is 15.3 Å². The third kappa shape index (κ3) is 4.71. The molecule has 2 aromatic rings. The molecular formula is C26H32FN3O2. The molecular weight excluding hydrogens is 405 g/mol. The zero-order chi connectivity index (χ0) is 22.2. The molecule has 0 spiro atoms. The van der Waals surface area contributed by atoms with Crippen LogP contribution in [0.2, 0.25) is 0 Å². The Morgan fingerprint density at radius 1 is 1.12 bits per heavy atom. The molecule has 32 heavy (non-hydrogen) atoms. The fraction of sp³-hybridized carbons (Fsp3) is 0.538. The van der Waals surface area contributed by atoms with Crippen molar-refractivity contribution in [2.24, 2.45) is 10.8 Å². The molecule has 1 aromatic carbocycles. The van der Waals surface area contributed by atoms with E-state index in [9.17, 15) is 14.3 Å². The van der Waals surface area contributed by atoms with Crippen LogP contribution in [-0.4, -0.2) is 53.2 Å². The molecule has 0 bridgehead atoms. The number of nitrogens with one attached hydrogen (secondary N) is 1. The standard InChI is InChI=1S/C26H32FN3O2/c27-20-6-7-21(28-16-20)15-25(17-29-23-14-22(23)19-4-2-1-3-5-19)10-12-30(13-11-25)18-26(8-9-26)24(31)32/h1-7,16,22-23,29H,8-15,17-18H2,(H,31,32)/t22-,23+/m0/s1. The molecule has 0 radical (unpaired) electrons. The van der Waals surface area contributed by atoms with Crippen molar-refractivity contribution in [1.82, 2.24) is 15.2 Å². The predicted molar refractivity (Wildman–Crippen MR) is 121 cm³/mol. The van der Waals surface area contributed by atoms with Gasteiger partial charge in [0, 0.05) is 30.7 Å². The molecule has 0 amide bonds. The number of pyridine rings is 1. The second-order valence-electron chi connectivity index (χ2n) is 10.2. The normalized spacial score (nSPS) is 25.9. The van der Waals surface area contributed by atoms with Crippen LogP contribution in [0.1, 0.15) is 49.3 Å². The molecule has 1 aliphatic heterocycles. The van der Waals surface area contributed by atoms with Crippen LogP contribution in [0, 0.1) is 16.6 Å². The smallest absolute Gasteiger partial charge is 0.310 e. The van der Waals surface area contributed by atoms with E-state index in [-0.39, 0.29) is 11.2 Å².